The fourth-order valence-electron chi connectivity index (χ4n) is 2.95. The molecule has 0 aromatic heterocycles. The first kappa shape index (κ1) is 19.5. The minimum atomic E-state index is -3.44. The molecule has 2 aromatic carbocycles. The van der Waals surface area contributed by atoms with Crippen molar-refractivity contribution in [3.05, 3.63) is 53.6 Å². The third kappa shape index (κ3) is 4.20. The van der Waals surface area contributed by atoms with Gasteiger partial charge < -0.3 is 5.73 Å². The Morgan fingerprint density at radius 1 is 1.07 bits per heavy atom. The molecule has 1 aliphatic carbocycles. The lowest BCUT2D eigenvalue weighted by atomic mass is 10.1. The van der Waals surface area contributed by atoms with Crippen molar-refractivity contribution in [3.8, 4) is 11.1 Å². The number of benzene rings is 2. The Labute approximate surface area is 163 Å². The van der Waals surface area contributed by atoms with Gasteiger partial charge in [-0.2, -0.15) is 5.10 Å². The van der Waals surface area contributed by atoms with Gasteiger partial charge in [-0.1, -0.05) is 30.3 Å². The summed E-state index contributed by atoms with van der Waals surface area (Å²) in [7, 11) is -3.44. The molecule has 0 heterocycles. The zero-order valence-corrected chi connectivity index (χ0v) is 16.8. The zero-order valence-electron chi connectivity index (χ0n) is 15.1. The monoisotopic (exact) mass is 404 g/mol. The molecule has 0 radical (unpaired) electrons. The number of hydrogen-bond acceptors (Lipinski definition) is 5. The molecule has 0 amide bonds. The Morgan fingerprint density at radius 2 is 1.70 bits per heavy atom. The molecule has 4 N–H and O–H groups in total. The summed E-state index contributed by atoms with van der Waals surface area (Å²) >= 11 is 4.86. The number of nitrogens with zero attached hydrogens (tertiary/aromatic N) is 1. The fraction of sp³-hybridized carbons (Fsp3) is 0.222. The van der Waals surface area contributed by atoms with Gasteiger partial charge in [0.25, 0.3) is 0 Å². The smallest absolute Gasteiger partial charge is 0.375 e. The van der Waals surface area contributed by atoms with Crippen LogP contribution in [0, 0.1) is 0 Å². The standard InChI is InChI=1S/C18H21N4O3PS/c1-3-24-26(23,25-4-2)22-12-9-10-14-13-7-5-6-8-15(13)17(16(14)11-12)20-21-18(19)27/h5-11H,3-4H2,1-2H3,(H,22,23)(H3,19,21,27)/b20-17+. The van der Waals surface area contributed by atoms with Crippen molar-refractivity contribution in [2.45, 2.75) is 13.8 Å². The number of anilines is 1. The van der Waals surface area contributed by atoms with E-state index in [-0.39, 0.29) is 18.3 Å². The van der Waals surface area contributed by atoms with Gasteiger partial charge in [-0.3, -0.25) is 19.6 Å². The van der Waals surface area contributed by atoms with Crippen LogP contribution in [0.15, 0.2) is 47.6 Å². The summed E-state index contributed by atoms with van der Waals surface area (Å²) in [4.78, 5) is 0. The zero-order chi connectivity index (χ0) is 19.4. The highest BCUT2D eigenvalue weighted by molar-refractivity contribution is 7.80. The summed E-state index contributed by atoms with van der Waals surface area (Å²) < 4.78 is 23.4. The van der Waals surface area contributed by atoms with Crippen LogP contribution in [0.25, 0.3) is 11.1 Å². The van der Waals surface area contributed by atoms with E-state index in [0.29, 0.717) is 11.4 Å². The molecule has 0 saturated heterocycles. The van der Waals surface area contributed by atoms with Crippen LogP contribution in [0.1, 0.15) is 25.0 Å². The number of hydrogen-bond donors (Lipinski definition) is 3. The molecule has 7 nitrogen and oxygen atoms in total. The maximum absolute atomic E-state index is 12.8. The molecule has 1 aliphatic rings. The molecule has 0 saturated carbocycles. The van der Waals surface area contributed by atoms with Gasteiger partial charge in [0, 0.05) is 16.8 Å². The summed E-state index contributed by atoms with van der Waals surface area (Å²) in [5, 5.41) is 7.32. The summed E-state index contributed by atoms with van der Waals surface area (Å²) in [5.41, 5.74) is 13.4. The normalized spacial score (nSPS) is 13.9. The van der Waals surface area contributed by atoms with Gasteiger partial charge in [-0.25, -0.2) is 4.57 Å². The summed E-state index contributed by atoms with van der Waals surface area (Å²) in [6, 6.07) is 13.6. The van der Waals surface area contributed by atoms with Crippen molar-refractivity contribution in [1.29, 1.82) is 0 Å². The Kier molecular flexibility index (Phi) is 5.92. The first-order valence-electron chi connectivity index (χ1n) is 8.52. The van der Waals surface area contributed by atoms with E-state index in [4.69, 9.17) is 27.0 Å². The number of fused-ring (bicyclic) bond motifs is 3. The van der Waals surface area contributed by atoms with Gasteiger partial charge in [0.05, 0.1) is 18.9 Å². The van der Waals surface area contributed by atoms with Crippen LogP contribution < -0.4 is 16.2 Å². The van der Waals surface area contributed by atoms with Gasteiger partial charge in [0.2, 0.25) is 0 Å². The molecule has 2 aromatic rings. The molecule has 0 fully saturated rings. The molecule has 9 heteroatoms. The Morgan fingerprint density at radius 3 is 2.33 bits per heavy atom. The number of nitrogens with one attached hydrogen (secondary N) is 2. The molecule has 142 valence electrons. The molecule has 0 unspecified atom stereocenters. The number of nitrogens with two attached hydrogens (primary N) is 1. The van der Waals surface area contributed by atoms with E-state index < -0.39 is 7.75 Å². The van der Waals surface area contributed by atoms with Gasteiger partial charge in [-0.15, -0.1) is 0 Å². The van der Waals surface area contributed by atoms with Crippen LogP contribution in [-0.2, 0) is 13.6 Å². The van der Waals surface area contributed by atoms with E-state index in [9.17, 15) is 4.57 Å². The fourth-order valence-corrected chi connectivity index (χ4v) is 4.33. The van der Waals surface area contributed by atoms with Gasteiger partial charge in [0.15, 0.2) is 5.11 Å². The third-order valence-corrected chi connectivity index (χ3v) is 5.71. The van der Waals surface area contributed by atoms with Crippen LogP contribution in [-0.4, -0.2) is 24.0 Å². The van der Waals surface area contributed by atoms with Gasteiger partial charge in [-0.05, 0) is 49.3 Å². The molecule has 0 atom stereocenters. The number of thiocarbonyl (C=S) groups is 1. The van der Waals surface area contributed by atoms with Crippen molar-refractivity contribution < 1.29 is 13.6 Å². The molecule has 0 bridgehead atoms. The SMILES string of the molecule is CCOP(=O)(Nc1ccc2c(c1)/C(=N/NC(N)=S)c1ccccc1-2)OCC. The van der Waals surface area contributed by atoms with E-state index >= 15 is 0 Å². The summed E-state index contributed by atoms with van der Waals surface area (Å²) in [6.45, 7) is 4.06. The number of rotatable bonds is 7. The maximum Gasteiger partial charge on any atom is 0.432 e. The highest BCUT2D eigenvalue weighted by Gasteiger charge is 2.28. The molecule has 0 spiro atoms. The van der Waals surface area contributed by atoms with Crippen molar-refractivity contribution >= 4 is 36.5 Å². The van der Waals surface area contributed by atoms with E-state index in [1.807, 2.05) is 42.5 Å². The van der Waals surface area contributed by atoms with E-state index in [1.165, 1.54) is 0 Å². The van der Waals surface area contributed by atoms with Gasteiger partial charge in [0.1, 0.15) is 0 Å². The van der Waals surface area contributed by atoms with Crippen molar-refractivity contribution in [2.24, 2.45) is 10.8 Å². The molecule has 0 aliphatic heterocycles. The summed E-state index contributed by atoms with van der Waals surface area (Å²) in [5.74, 6) is 0. The van der Waals surface area contributed by atoms with Crippen molar-refractivity contribution in [3.63, 3.8) is 0 Å². The van der Waals surface area contributed by atoms with Crippen LogP contribution in [0.4, 0.5) is 5.69 Å². The largest absolute Gasteiger partial charge is 0.432 e. The first-order valence-corrected chi connectivity index (χ1v) is 10.5. The Bertz CT molecular complexity index is 938. The quantitative estimate of drug-likeness (QED) is 0.313. The third-order valence-electron chi connectivity index (χ3n) is 3.89. The van der Waals surface area contributed by atoms with E-state index in [0.717, 1.165) is 22.3 Å². The summed E-state index contributed by atoms with van der Waals surface area (Å²) in [6.07, 6.45) is 0. The molecule has 3 rings (SSSR count). The van der Waals surface area contributed by atoms with Crippen LogP contribution in [0.2, 0.25) is 0 Å². The average Bonchev–Trinajstić information content (AvgIpc) is 2.93. The highest BCUT2D eigenvalue weighted by atomic mass is 32.1. The minimum Gasteiger partial charge on any atom is -0.375 e. The van der Waals surface area contributed by atoms with E-state index in [2.05, 4.69) is 15.6 Å². The molecular weight excluding hydrogens is 383 g/mol. The molecule has 27 heavy (non-hydrogen) atoms. The second-order valence-corrected chi connectivity index (χ2v) is 7.86. The second-order valence-electron chi connectivity index (χ2n) is 5.69. The average molecular weight is 404 g/mol. The minimum absolute atomic E-state index is 0.0832. The molecular formula is C18H21N4O3PS. The van der Waals surface area contributed by atoms with Crippen molar-refractivity contribution in [1.82, 2.24) is 5.43 Å². The van der Waals surface area contributed by atoms with E-state index in [1.54, 1.807) is 13.8 Å². The Hall–Kier alpha value is -2.25. The lowest BCUT2D eigenvalue weighted by molar-refractivity contribution is 0.225. The van der Waals surface area contributed by atoms with Crippen LogP contribution >= 0.6 is 20.0 Å². The topological polar surface area (TPSA) is 98.0 Å². The Balaban J connectivity index is 2.02. The maximum atomic E-state index is 12.8. The van der Waals surface area contributed by atoms with Crippen LogP contribution in [0.3, 0.4) is 0 Å². The lowest BCUT2D eigenvalue weighted by Gasteiger charge is -2.19. The predicted molar refractivity (Wildman–Crippen MR) is 112 cm³/mol. The first-order chi connectivity index (χ1) is 13.0. The van der Waals surface area contributed by atoms with Gasteiger partial charge >= 0.3 is 7.75 Å². The van der Waals surface area contributed by atoms with Crippen molar-refractivity contribution in [2.75, 3.05) is 18.3 Å². The van der Waals surface area contributed by atoms with Crippen LogP contribution in [0.5, 0.6) is 0 Å². The number of hydrazone groups is 1. The predicted octanol–water partition coefficient (Wildman–Crippen LogP) is 3.85. The highest BCUT2D eigenvalue weighted by Crippen LogP contribution is 2.48. The second kappa shape index (κ2) is 8.19. The lowest BCUT2D eigenvalue weighted by Crippen LogP contribution is -2.25.